The van der Waals surface area contributed by atoms with Crippen molar-refractivity contribution in [3.05, 3.63) is 45.9 Å². The van der Waals surface area contributed by atoms with Gasteiger partial charge in [-0.05, 0) is 18.4 Å². The number of nitrogens with two attached hydrogens (primary N) is 1. The molecule has 0 amide bonds. The molecule has 19 heavy (non-hydrogen) atoms. The molecule has 2 heterocycles. The van der Waals surface area contributed by atoms with Gasteiger partial charge in [-0.1, -0.05) is 41.7 Å². The highest BCUT2D eigenvalue weighted by molar-refractivity contribution is 7.11. The number of ether oxygens (including phenoxy) is 1. The van der Waals surface area contributed by atoms with Crippen LogP contribution >= 0.6 is 11.3 Å². The summed E-state index contributed by atoms with van der Waals surface area (Å²) in [6, 6.07) is 9.82. The van der Waals surface area contributed by atoms with Crippen LogP contribution in [0.2, 0.25) is 0 Å². The summed E-state index contributed by atoms with van der Waals surface area (Å²) in [7, 11) is 0. The summed E-state index contributed by atoms with van der Waals surface area (Å²) in [6.07, 6.45) is 3.45. The minimum Gasteiger partial charge on any atom is -0.378 e. The van der Waals surface area contributed by atoms with Crippen LogP contribution in [0.1, 0.15) is 34.5 Å². The maximum absolute atomic E-state index is 6.21. The quantitative estimate of drug-likeness (QED) is 0.930. The van der Waals surface area contributed by atoms with Gasteiger partial charge in [0.25, 0.3) is 0 Å². The Bertz CT molecular complexity index is 522. The van der Waals surface area contributed by atoms with Crippen molar-refractivity contribution in [3.63, 3.8) is 0 Å². The SMILES string of the molecule is NC(c1ccccc1)c1nnc(CC2CCCO2)s1. The van der Waals surface area contributed by atoms with Crippen molar-refractivity contribution in [1.29, 1.82) is 0 Å². The summed E-state index contributed by atoms with van der Waals surface area (Å²) in [5, 5.41) is 10.4. The molecule has 0 radical (unpaired) electrons. The van der Waals surface area contributed by atoms with E-state index in [2.05, 4.69) is 10.2 Å². The van der Waals surface area contributed by atoms with Crippen LogP contribution in [0.3, 0.4) is 0 Å². The van der Waals surface area contributed by atoms with Crippen LogP contribution < -0.4 is 5.73 Å². The number of hydrogen-bond donors (Lipinski definition) is 1. The number of aromatic nitrogens is 2. The molecule has 1 fully saturated rings. The van der Waals surface area contributed by atoms with E-state index in [1.165, 1.54) is 0 Å². The van der Waals surface area contributed by atoms with E-state index in [4.69, 9.17) is 10.5 Å². The van der Waals surface area contributed by atoms with Crippen molar-refractivity contribution in [2.75, 3.05) is 6.61 Å². The Morgan fingerprint density at radius 2 is 2.16 bits per heavy atom. The number of benzene rings is 1. The molecule has 1 aliphatic heterocycles. The summed E-state index contributed by atoms with van der Waals surface area (Å²) >= 11 is 1.60. The maximum atomic E-state index is 6.21. The molecule has 0 aliphatic carbocycles. The zero-order chi connectivity index (χ0) is 13.1. The predicted octanol–water partition coefficient (Wildman–Crippen LogP) is 2.31. The third-order valence-corrected chi connectivity index (χ3v) is 4.36. The van der Waals surface area contributed by atoms with E-state index >= 15 is 0 Å². The average molecular weight is 275 g/mol. The molecule has 0 spiro atoms. The third kappa shape index (κ3) is 3.00. The lowest BCUT2D eigenvalue weighted by atomic mass is 10.1. The van der Waals surface area contributed by atoms with Crippen LogP contribution in [0.25, 0.3) is 0 Å². The second kappa shape index (κ2) is 5.77. The second-order valence-electron chi connectivity index (χ2n) is 4.76. The first-order valence-corrected chi connectivity index (χ1v) is 7.39. The summed E-state index contributed by atoms with van der Waals surface area (Å²) < 4.78 is 5.62. The van der Waals surface area contributed by atoms with Gasteiger partial charge in [-0.3, -0.25) is 0 Å². The van der Waals surface area contributed by atoms with Gasteiger partial charge in [-0.25, -0.2) is 0 Å². The van der Waals surface area contributed by atoms with Crippen LogP contribution in [-0.2, 0) is 11.2 Å². The van der Waals surface area contributed by atoms with Gasteiger partial charge in [0.1, 0.15) is 10.0 Å². The monoisotopic (exact) mass is 275 g/mol. The molecule has 2 aromatic rings. The molecule has 1 aromatic carbocycles. The average Bonchev–Trinajstić information content (AvgIpc) is 3.11. The van der Waals surface area contributed by atoms with Crippen molar-refractivity contribution in [1.82, 2.24) is 10.2 Å². The zero-order valence-electron chi connectivity index (χ0n) is 10.7. The molecule has 1 saturated heterocycles. The molecule has 1 aliphatic rings. The fraction of sp³-hybridized carbons (Fsp3) is 0.429. The Labute approximate surface area is 116 Å². The number of rotatable bonds is 4. The Kier molecular flexibility index (Phi) is 3.87. The molecule has 2 unspecified atom stereocenters. The first-order chi connectivity index (χ1) is 9.33. The van der Waals surface area contributed by atoms with Crippen LogP contribution in [0.5, 0.6) is 0 Å². The molecule has 3 rings (SSSR count). The van der Waals surface area contributed by atoms with Gasteiger partial charge >= 0.3 is 0 Å². The topological polar surface area (TPSA) is 61.0 Å². The highest BCUT2D eigenvalue weighted by Crippen LogP contribution is 2.25. The van der Waals surface area contributed by atoms with E-state index in [1.54, 1.807) is 11.3 Å². The highest BCUT2D eigenvalue weighted by atomic mass is 32.1. The van der Waals surface area contributed by atoms with Crippen LogP contribution in [0.4, 0.5) is 0 Å². The van der Waals surface area contributed by atoms with Crippen molar-refractivity contribution in [3.8, 4) is 0 Å². The summed E-state index contributed by atoms with van der Waals surface area (Å²) in [4.78, 5) is 0. The molecule has 4 nitrogen and oxygen atoms in total. The summed E-state index contributed by atoms with van der Waals surface area (Å²) in [5.74, 6) is 0. The first-order valence-electron chi connectivity index (χ1n) is 6.57. The predicted molar refractivity (Wildman–Crippen MR) is 75.1 cm³/mol. The standard InChI is InChI=1S/C14H17N3OS/c15-13(10-5-2-1-3-6-10)14-17-16-12(19-14)9-11-7-4-8-18-11/h1-3,5-6,11,13H,4,7-9,15H2. The summed E-state index contributed by atoms with van der Waals surface area (Å²) in [6.45, 7) is 0.875. The van der Waals surface area contributed by atoms with E-state index in [1.807, 2.05) is 30.3 Å². The smallest absolute Gasteiger partial charge is 0.138 e. The van der Waals surface area contributed by atoms with Crippen LogP contribution in [0.15, 0.2) is 30.3 Å². The lowest BCUT2D eigenvalue weighted by Crippen LogP contribution is -2.11. The van der Waals surface area contributed by atoms with Gasteiger partial charge in [0.2, 0.25) is 0 Å². The molecule has 0 saturated carbocycles. The number of hydrogen-bond acceptors (Lipinski definition) is 5. The van der Waals surface area contributed by atoms with Crippen molar-refractivity contribution >= 4 is 11.3 Å². The number of nitrogens with zero attached hydrogens (tertiary/aromatic N) is 2. The van der Waals surface area contributed by atoms with Gasteiger partial charge in [-0.15, -0.1) is 10.2 Å². The normalized spacial score (nSPS) is 20.6. The Hall–Kier alpha value is -1.30. The minimum atomic E-state index is -0.183. The van der Waals surface area contributed by atoms with Gasteiger partial charge in [-0.2, -0.15) is 0 Å². The Morgan fingerprint density at radius 1 is 1.32 bits per heavy atom. The fourth-order valence-electron chi connectivity index (χ4n) is 2.28. The highest BCUT2D eigenvalue weighted by Gasteiger charge is 2.20. The van der Waals surface area contributed by atoms with Gasteiger partial charge in [0.15, 0.2) is 0 Å². The molecule has 2 atom stereocenters. The fourth-order valence-corrected chi connectivity index (χ4v) is 3.21. The largest absolute Gasteiger partial charge is 0.378 e. The van der Waals surface area contributed by atoms with Crippen LogP contribution in [-0.4, -0.2) is 22.9 Å². The van der Waals surface area contributed by atoms with Crippen LogP contribution in [0, 0.1) is 0 Å². The van der Waals surface area contributed by atoms with Gasteiger partial charge in [0.05, 0.1) is 12.1 Å². The molecular formula is C14H17N3OS. The van der Waals surface area contributed by atoms with Crippen molar-refractivity contribution in [2.45, 2.75) is 31.4 Å². The molecule has 2 N–H and O–H groups in total. The Balaban J connectivity index is 1.70. The van der Waals surface area contributed by atoms with Gasteiger partial charge < -0.3 is 10.5 Å². The van der Waals surface area contributed by atoms with E-state index in [0.717, 1.165) is 41.4 Å². The lowest BCUT2D eigenvalue weighted by molar-refractivity contribution is 0.111. The molecule has 0 bridgehead atoms. The van der Waals surface area contributed by atoms with Gasteiger partial charge in [0, 0.05) is 13.0 Å². The molecular weight excluding hydrogens is 258 g/mol. The Morgan fingerprint density at radius 3 is 2.89 bits per heavy atom. The summed E-state index contributed by atoms with van der Waals surface area (Å²) in [5.41, 5.74) is 7.29. The van der Waals surface area contributed by atoms with E-state index in [-0.39, 0.29) is 6.04 Å². The van der Waals surface area contributed by atoms with E-state index in [9.17, 15) is 0 Å². The first kappa shape index (κ1) is 12.7. The second-order valence-corrected chi connectivity index (χ2v) is 5.86. The van der Waals surface area contributed by atoms with Crippen molar-refractivity contribution < 1.29 is 4.74 Å². The molecule has 100 valence electrons. The minimum absolute atomic E-state index is 0.183. The zero-order valence-corrected chi connectivity index (χ0v) is 11.5. The molecule has 1 aromatic heterocycles. The van der Waals surface area contributed by atoms with E-state index < -0.39 is 0 Å². The maximum Gasteiger partial charge on any atom is 0.138 e. The third-order valence-electron chi connectivity index (χ3n) is 3.33. The van der Waals surface area contributed by atoms with Crippen molar-refractivity contribution in [2.24, 2.45) is 5.73 Å². The molecule has 5 heteroatoms. The lowest BCUT2D eigenvalue weighted by Gasteiger charge is -2.07. The van der Waals surface area contributed by atoms with E-state index in [0.29, 0.717) is 6.10 Å².